The monoisotopic (exact) mass is 614 g/mol. The van der Waals surface area contributed by atoms with E-state index in [2.05, 4.69) is 19.2 Å². The summed E-state index contributed by atoms with van der Waals surface area (Å²) in [5.41, 5.74) is 0. The number of hydrogen-bond donors (Lipinski definition) is 5. The molecule has 0 bridgehead atoms. The summed E-state index contributed by atoms with van der Waals surface area (Å²) in [6, 6.07) is -0.975. The molecule has 4 atom stereocenters. The van der Waals surface area contributed by atoms with Crippen LogP contribution in [0.3, 0.4) is 0 Å². The molecule has 43 heavy (non-hydrogen) atoms. The van der Waals surface area contributed by atoms with Gasteiger partial charge in [-0.1, -0.05) is 187 Å². The van der Waals surface area contributed by atoms with Crippen molar-refractivity contribution in [1.82, 2.24) is 5.32 Å². The van der Waals surface area contributed by atoms with Gasteiger partial charge in [-0.2, -0.15) is 0 Å². The van der Waals surface area contributed by atoms with Crippen molar-refractivity contribution in [2.45, 2.75) is 224 Å². The Morgan fingerprint density at radius 3 is 1.12 bits per heavy atom. The van der Waals surface area contributed by atoms with Crippen molar-refractivity contribution >= 4 is 5.91 Å². The SMILES string of the molecule is CCCCCCCCCCCCCCCCCCCCCCC(O)C(=O)NC(CO)C(O)C(O)CCCCCCCCC. The Morgan fingerprint density at radius 1 is 0.488 bits per heavy atom. The van der Waals surface area contributed by atoms with E-state index in [4.69, 9.17) is 0 Å². The molecule has 0 saturated heterocycles. The fraction of sp³-hybridized carbons (Fsp3) is 0.973. The van der Waals surface area contributed by atoms with Gasteiger partial charge in [-0.25, -0.2) is 0 Å². The van der Waals surface area contributed by atoms with Gasteiger partial charge >= 0.3 is 0 Å². The summed E-state index contributed by atoms with van der Waals surface area (Å²) in [7, 11) is 0. The van der Waals surface area contributed by atoms with E-state index in [0.717, 1.165) is 38.5 Å². The summed E-state index contributed by atoms with van der Waals surface area (Å²) in [6.07, 6.45) is 31.5. The van der Waals surface area contributed by atoms with Crippen LogP contribution in [0.5, 0.6) is 0 Å². The molecular weight excluding hydrogens is 538 g/mol. The van der Waals surface area contributed by atoms with Crippen molar-refractivity contribution in [2.75, 3.05) is 6.61 Å². The fourth-order valence-corrected chi connectivity index (χ4v) is 5.99. The van der Waals surface area contributed by atoms with Crippen LogP contribution in [0, 0.1) is 0 Å². The second-order valence-corrected chi connectivity index (χ2v) is 13.3. The van der Waals surface area contributed by atoms with Crippen LogP contribution in [0.15, 0.2) is 0 Å². The lowest BCUT2D eigenvalue weighted by atomic mass is 9.99. The van der Waals surface area contributed by atoms with Crippen molar-refractivity contribution in [3.05, 3.63) is 0 Å². The maximum absolute atomic E-state index is 12.4. The van der Waals surface area contributed by atoms with Gasteiger partial charge in [-0.3, -0.25) is 4.79 Å². The first-order chi connectivity index (χ1) is 21.0. The Hall–Kier alpha value is -0.690. The highest BCUT2D eigenvalue weighted by atomic mass is 16.3. The van der Waals surface area contributed by atoms with Crippen molar-refractivity contribution in [3.63, 3.8) is 0 Å². The van der Waals surface area contributed by atoms with E-state index in [-0.39, 0.29) is 0 Å². The van der Waals surface area contributed by atoms with Gasteiger partial charge in [-0.05, 0) is 12.8 Å². The molecule has 6 heteroatoms. The fourth-order valence-electron chi connectivity index (χ4n) is 5.99. The molecule has 0 aromatic carbocycles. The minimum Gasteiger partial charge on any atom is -0.394 e. The molecule has 0 radical (unpaired) electrons. The van der Waals surface area contributed by atoms with Crippen LogP contribution in [0.4, 0.5) is 0 Å². The summed E-state index contributed by atoms with van der Waals surface area (Å²) in [5.74, 6) is -0.584. The predicted molar refractivity (Wildman–Crippen MR) is 182 cm³/mol. The van der Waals surface area contributed by atoms with Crippen LogP contribution < -0.4 is 5.32 Å². The first kappa shape index (κ1) is 42.3. The molecule has 0 rings (SSSR count). The summed E-state index contributed by atoms with van der Waals surface area (Å²) < 4.78 is 0. The molecule has 0 aromatic heterocycles. The number of aliphatic hydroxyl groups is 4. The molecule has 0 heterocycles. The number of nitrogens with one attached hydrogen (secondary N) is 1. The normalized spacial score (nSPS) is 14.5. The van der Waals surface area contributed by atoms with E-state index >= 15 is 0 Å². The number of rotatable bonds is 34. The molecule has 6 nitrogen and oxygen atoms in total. The standard InChI is InChI=1S/C37H75NO5/c1-3-5-7-9-11-12-13-14-15-16-17-18-19-20-21-22-23-25-27-29-31-35(41)37(43)38-33(32-39)36(42)34(40)30-28-26-24-10-8-6-4-2/h33-36,39-42H,3-32H2,1-2H3,(H,38,43). The maximum atomic E-state index is 12.4. The molecule has 258 valence electrons. The van der Waals surface area contributed by atoms with Gasteiger partial charge < -0.3 is 25.7 Å². The van der Waals surface area contributed by atoms with Crippen LogP contribution in [-0.4, -0.2) is 57.3 Å². The van der Waals surface area contributed by atoms with Crippen LogP contribution >= 0.6 is 0 Å². The van der Waals surface area contributed by atoms with E-state index in [1.54, 1.807) is 0 Å². The average molecular weight is 614 g/mol. The van der Waals surface area contributed by atoms with Crippen molar-refractivity contribution in [1.29, 1.82) is 0 Å². The molecule has 0 fully saturated rings. The highest BCUT2D eigenvalue weighted by Crippen LogP contribution is 2.16. The van der Waals surface area contributed by atoms with Gasteiger partial charge in [0.1, 0.15) is 12.2 Å². The van der Waals surface area contributed by atoms with E-state index in [9.17, 15) is 25.2 Å². The molecule has 4 unspecified atom stereocenters. The van der Waals surface area contributed by atoms with E-state index in [0.29, 0.717) is 12.8 Å². The van der Waals surface area contributed by atoms with Crippen molar-refractivity contribution < 1.29 is 25.2 Å². The number of amides is 1. The third kappa shape index (κ3) is 27.4. The predicted octanol–water partition coefficient (Wildman–Crippen LogP) is 8.90. The molecule has 0 spiro atoms. The second-order valence-electron chi connectivity index (χ2n) is 13.3. The number of aliphatic hydroxyl groups excluding tert-OH is 4. The minimum atomic E-state index is -1.25. The van der Waals surface area contributed by atoms with E-state index < -0.39 is 36.9 Å². The van der Waals surface area contributed by atoms with Gasteiger partial charge in [0.15, 0.2) is 0 Å². The van der Waals surface area contributed by atoms with E-state index in [1.807, 2.05) is 0 Å². The van der Waals surface area contributed by atoms with E-state index in [1.165, 1.54) is 135 Å². The Bertz CT molecular complexity index is 575. The van der Waals surface area contributed by atoms with Gasteiger partial charge in [0, 0.05) is 0 Å². The average Bonchev–Trinajstić information content (AvgIpc) is 3.01. The van der Waals surface area contributed by atoms with Crippen LogP contribution in [0.25, 0.3) is 0 Å². The lowest BCUT2D eigenvalue weighted by Gasteiger charge is -2.27. The summed E-state index contributed by atoms with van der Waals surface area (Å²) >= 11 is 0. The first-order valence-electron chi connectivity index (χ1n) is 18.9. The zero-order valence-electron chi connectivity index (χ0n) is 28.7. The smallest absolute Gasteiger partial charge is 0.249 e. The minimum absolute atomic E-state index is 0.375. The van der Waals surface area contributed by atoms with Crippen LogP contribution in [0.1, 0.15) is 200 Å². The molecular formula is C37H75NO5. The number of unbranched alkanes of at least 4 members (excludes halogenated alkanes) is 25. The zero-order valence-corrected chi connectivity index (χ0v) is 28.7. The largest absolute Gasteiger partial charge is 0.394 e. The lowest BCUT2D eigenvalue weighted by Crippen LogP contribution is -2.53. The molecule has 0 aliphatic heterocycles. The van der Waals surface area contributed by atoms with Crippen molar-refractivity contribution in [2.24, 2.45) is 0 Å². The highest BCUT2D eigenvalue weighted by molar-refractivity contribution is 5.80. The van der Waals surface area contributed by atoms with Gasteiger partial charge in [0.25, 0.3) is 0 Å². The molecule has 0 saturated carbocycles. The Kier molecular flexibility index (Phi) is 32.2. The Morgan fingerprint density at radius 2 is 0.791 bits per heavy atom. The Balaban J connectivity index is 3.66. The maximum Gasteiger partial charge on any atom is 0.249 e. The number of carbonyl (C=O) groups is 1. The van der Waals surface area contributed by atoms with Gasteiger partial charge in [0.2, 0.25) is 5.91 Å². The third-order valence-electron chi connectivity index (χ3n) is 9.07. The second kappa shape index (κ2) is 32.7. The van der Waals surface area contributed by atoms with Gasteiger partial charge in [-0.15, -0.1) is 0 Å². The molecule has 0 aromatic rings. The van der Waals surface area contributed by atoms with Gasteiger partial charge in [0.05, 0.1) is 18.8 Å². The van der Waals surface area contributed by atoms with Crippen molar-refractivity contribution in [3.8, 4) is 0 Å². The first-order valence-corrected chi connectivity index (χ1v) is 18.9. The summed E-state index contributed by atoms with van der Waals surface area (Å²) in [5, 5.41) is 43.2. The number of carbonyl (C=O) groups excluding carboxylic acids is 1. The quantitative estimate of drug-likeness (QED) is 0.0466. The number of hydrogen-bond acceptors (Lipinski definition) is 5. The molecule has 0 aliphatic carbocycles. The third-order valence-corrected chi connectivity index (χ3v) is 9.07. The van der Waals surface area contributed by atoms with Crippen LogP contribution in [0.2, 0.25) is 0 Å². The highest BCUT2D eigenvalue weighted by Gasteiger charge is 2.28. The summed E-state index contributed by atoms with van der Waals surface area (Å²) in [6.45, 7) is 3.99. The summed E-state index contributed by atoms with van der Waals surface area (Å²) in [4.78, 5) is 12.4. The topological polar surface area (TPSA) is 110 Å². The molecule has 1 amide bonds. The Labute approximate surface area is 267 Å². The molecule has 0 aliphatic rings. The zero-order chi connectivity index (χ0) is 31.8. The van der Waals surface area contributed by atoms with Crippen LogP contribution in [-0.2, 0) is 4.79 Å². The molecule has 5 N–H and O–H groups in total. The lowest BCUT2D eigenvalue weighted by molar-refractivity contribution is -0.132.